The van der Waals surface area contributed by atoms with E-state index in [1.165, 1.54) is 12.8 Å². The Morgan fingerprint density at radius 1 is 1.31 bits per heavy atom. The molecule has 0 fully saturated rings. The first-order valence-corrected chi connectivity index (χ1v) is 6.04. The minimum Gasteiger partial charge on any atom is -0.294 e. The predicted octanol–water partition coefficient (Wildman–Crippen LogP) is 3.79. The maximum atomic E-state index is 11.2. The molecule has 0 aliphatic carbocycles. The molecule has 0 radical (unpaired) electrons. The smallest absolute Gasteiger partial charge is 0.165 e. The normalized spacial score (nSPS) is 11.8. The Morgan fingerprint density at radius 3 is 2.46 bits per heavy atom. The van der Waals surface area contributed by atoms with Gasteiger partial charge in [0.25, 0.3) is 0 Å². The van der Waals surface area contributed by atoms with E-state index in [1.54, 1.807) is 18.7 Å². The van der Waals surface area contributed by atoms with Crippen LogP contribution in [0.25, 0.3) is 0 Å². The summed E-state index contributed by atoms with van der Waals surface area (Å²) in [6.45, 7) is 5.95. The summed E-state index contributed by atoms with van der Waals surface area (Å²) in [5.74, 6) is 1.29. The van der Waals surface area contributed by atoms with Crippen LogP contribution < -0.4 is 0 Å². The molecule has 0 unspecified atom stereocenters. The molecule has 0 aromatic carbocycles. The fraction of sp³-hybridized carbons (Fsp3) is 0.727. The van der Waals surface area contributed by atoms with Crippen LogP contribution in [0.15, 0.2) is 11.0 Å². The Labute approximate surface area is 86.0 Å². The van der Waals surface area contributed by atoms with Crippen LogP contribution >= 0.6 is 11.8 Å². The van der Waals surface area contributed by atoms with Crippen molar-refractivity contribution < 1.29 is 4.79 Å². The van der Waals surface area contributed by atoms with E-state index in [0.29, 0.717) is 0 Å². The van der Waals surface area contributed by atoms with E-state index in [-0.39, 0.29) is 5.78 Å². The number of unbranched alkanes of at least 4 members (excludes halogenated alkanes) is 2. The van der Waals surface area contributed by atoms with Crippen LogP contribution in [0.4, 0.5) is 0 Å². The first kappa shape index (κ1) is 12.8. The van der Waals surface area contributed by atoms with E-state index in [4.69, 9.17) is 0 Å². The summed E-state index contributed by atoms with van der Waals surface area (Å²) in [6, 6.07) is 0. The number of hydrogen-bond acceptors (Lipinski definition) is 2. The van der Waals surface area contributed by atoms with E-state index in [9.17, 15) is 4.79 Å². The van der Waals surface area contributed by atoms with Crippen LogP contribution in [0.1, 0.15) is 46.5 Å². The number of carbonyl (C=O) groups is 1. The van der Waals surface area contributed by atoms with E-state index in [1.807, 2.05) is 0 Å². The molecule has 0 rings (SSSR count). The summed E-state index contributed by atoms with van der Waals surface area (Å²) in [5.41, 5.74) is 0. The zero-order chi connectivity index (χ0) is 10.1. The van der Waals surface area contributed by atoms with Gasteiger partial charge in [-0.2, -0.15) is 0 Å². The quantitative estimate of drug-likeness (QED) is 0.459. The lowest BCUT2D eigenvalue weighted by atomic mass is 10.3. The van der Waals surface area contributed by atoms with Crippen LogP contribution in [0.2, 0.25) is 0 Å². The molecular weight excluding hydrogens is 180 g/mol. The van der Waals surface area contributed by atoms with Crippen LogP contribution in [-0.4, -0.2) is 11.5 Å². The monoisotopic (exact) mass is 200 g/mol. The molecule has 2 heteroatoms. The van der Waals surface area contributed by atoms with Crippen molar-refractivity contribution in [3.63, 3.8) is 0 Å². The number of thioether (sulfide) groups is 1. The van der Waals surface area contributed by atoms with Crippen molar-refractivity contribution in [1.29, 1.82) is 0 Å². The Hall–Kier alpha value is -0.240. The lowest BCUT2D eigenvalue weighted by molar-refractivity contribution is -0.112. The number of hydrogen-bond donors (Lipinski definition) is 0. The highest BCUT2D eigenvalue weighted by Gasteiger charge is 2.02. The van der Waals surface area contributed by atoms with Crippen LogP contribution in [0, 0.1) is 0 Å². The number of rotatable bonds is 7. The first-order valence-electron chi connectivity index (χ1n) is 5.06. The van der Waals surface area contributed by atoms with Gasteiger partial charge < -0.3 is 0 Å². The van der Waals surface area contributed by atoms with Crippen LogP contribution in [-0.2, 0) is 4.79 Å². The Kier molecular flexibility index (Phi) is 8.21. The lowest BCUT2D eigenvalue weighted by Crippen LogP contribution is -1.93. The van der Waals surface area contributed by atoms with Crippen molar-refractivity contribution >= 4 is 17.5 Å². The average Bonchev–Trinajstić information content (AvgIpc) is 2.10. The molecule has 0 heterocycles. The summed E-state index contributed by atoms with van der Waals surface area (Å²) in [6.07, 6.45) is 6.61. The van der Waals surface area contributed by atoms with Gasteiger partial charge in [0.15, 0.2) is 5.78 Å². The fourth-order valence-corrected chi connectivity index (χ4v) is 2.00. The molecule has 0 bridgehead atoms. The fourth-order valence-electron chi connectivity index (χ4n) is 0.906. The van der Waals surface area contributed by atoms with E-state index < -0.39 is 0 Å². The van der Waals surface area contributed by atoms with Gasteiger partial charge in [-0.1, -0.05) is 32.8 Å². The second-order valence-corrected chi connectivity index (χ2v) is 4.25. The summed E-state index contributed by atoms with van der Waals surface area (Å²) in [7, 11) is 0. The number of allylic oxidation sites excluding steroid dienone is 2. The second kappa shape index (κ2) is 8.36. The molecule has 0 aliphatic rings. The summed E-state index contributed by atoms with van der Waals surface area (Å²) in [4.78, 5) is 12.1. The first-order chi connectivity index (χ1) is 6.22. The van der Waals surface area contributed by atoms with E-state index in [2.05, 4.69) is 19.9 Å². The standard InChI is InChI=1S/C11H20OS/c1-4-6-8-11(10(3)12)13-9-7-5-2/h8H,4-7,9H2,1-3H3/b11-8-. The summed E-state index contributed by atoms with van der Waals surface area (Å²) in [5, 5.41) is 0. The van der Waals surface area contributed by atoms with Gasteiger partial charge in [0.2, 0.25) is 0 Å². The molecule has 0 N–H and O–H groups in total. The largest absolute Gasteiger partial charge is 0.294 e. The van der Waals surface area contributed by atoms with Crippen molar-refractivity contribution in [2.45, 2.75) is 46.5 Å². The molecule has 0 atom stereocenters. The molecule has 0 saturated carbocycles. The Morgan fingerprint density at radius 2 is 2.00 bits per heavy atom. The maximum Gasteiger partial charge on any atom is 0.165 e. The SMILES string of the molecule is CCC/C=C(\SCCCC)C(C)=O. The number of carbonyl (C=O) groups excluding carboxylic acids is 1. The van der Waals surface area contributed by atoms with E-state index >= 15 is 0 Å². The van der Waals surface area contributed by atoms with Crippen molar-refractivity contribution in [3.8, 4) is 0 Å². The molecule has 1 nitrogen and oxygen atoms in total. The van der Waals surface area contributed by atoms with Gasteiger partial charge in [0, 0.05) is 4.91 Å². The molecule has 0 saturated heterocycles. The van der Waals surface area contributed by atoms with Crippen LogP contribution in [0.3, 0.4) is 0 Å². The average molecular weight is 200 g/mol. The third-order valence-electron chi connectivity index (χ3n) is 1.72. The van der Waals surface area contributed by atoms with Gasteiger partial charge in [-0.15, -0.1) is 11.8 Å². The molecule has 0 aliphatic heterocycles. The van der Waals surface area contributed by atoms with Crippen molar-refractivity contribution in [2.24, 2.45) is 0 Å². The molecule has 0 aromatic heterocycles. The van der Waals surface area contributed by atoms with Gasteiger partial charge in [-0.05, 0) is 25.5 Å². The Bertz CT molecular complexity index is 173. The summed E-state index contributed by atoms with van der Waals surface area (Å²) >= 11 is 1.71. The maximum absolute atomic E-state index is 11.2. The number of ketones is 1. The number of Topliss-reactive ketones (excluding diaryl/α,β-unsaturated/α-hetero) is 1. The molecule has 0 aromatic rings. The van der Waals surface area contributed by atoms with E-state index in [0.717, 1.165) is 23.5 Å². The van der Waals surface area contributed by atoms with Crippen molar-refractivity contribution in [3.05, 3.63) is 11.0 Å². The highest BCUT2D eigenvalue weighted by atomic mass is 32.2. The molecule has 0 spiro atoms. The van der Waals surface area contributed by atoms with Gasteiger partial charge in [-0.3, -0.25) is 4.79 Å². The van der Waals surface area contributed by atoms with Gasteiger partial charge in [0.1, 0.15) is 0 Å². The molecule has 76 valence electrons. The minimum atomic E-state index is 0.217. The minimum absolute atomic E-state index is 0.217. The summed E-state index contributed by atoms with van der Waals surface area (Å²) < 4.78 is 0. The molecule has 13 heavy (non-hydrogen) atoms. The molecular formula is C11H20OS. The third kappa shape index (κ3) is 6.88. The second-order valence-electron chi connectivity index (χ2n) is 3.12. The van der Waals surface area contributed by atoms with Crippen LogP contribution in [0.5, 0.6) is 0 Å². The van der Waals surface area contributed by atoms with Crippen molar-refractivity contribution in [1.82, 2.24) is 0 Å². The third-order valence-corrected chi connectivity index (χ3v) is 2.98. The Balaban J connectivity index is 3.87. The molecule has 0 amide bonds. The topological polar surface area (TPSA) is 17.1 Å². The van der Waals surface area contributed by atoms with Gasteiger partial charge in [0.05, 0.1) is 0 Å². The van der Waals surface area contributed by atoms with Gasteiger partial charge >= 0.3 is 0 Å². The predicted molar refractivity (Wildman–Crippen MR) is 61.0 cm³/mol. The highest BCUT2D eigenvalue weighted by molar-refractivity contribution is 8.03. The zero-order valence-corrected chi connectivity index (χ0v) is 9.75. The zero-order valence-electron chi connectivity index (χ0n) is 8.93. The highest BCUT2D eigenvalue weighted by Crippen LogP contribution is 2.19. The lowest BCUT2D eigenvalue weighted by Gasteiger charge is -2.02. The van der Waals surface area contributed by atoms with Gasteiger partial charge in [-0.25, -0.2) is 0 Å². The van der Waals surface area contributed by atoms with Crippen molar-refractivity contribution in [2.75, 3.05) is 5.75 Å².